The number of thioether (sulfide) groups is 1. The average molecular weight is 224 g/mol. The first-order valence-corrected chi connectivity index (χ1v) is 6.57. The number of benzene rings is 1. The fraction of sp³-hybridized carbons (Fsp3) is 0.500. The fourth-order valence-corrected chi connectivity index (χ4v) is 2.11. The first-order chi connectivity index (χ1) is 7.27. The summed E-state index contributed by atoms with van der Waals surface area (Å²) in [6.07, 6.45) is 5.68. The highest BCUT2D eigenvalue weighted by molar-refractivity contribution is 7.98. The van der Waals surface area contributed by atoms with Gasteiger partial charge in [0.2, 0.25) is 0 Å². The van der Waals surface area contributed by atoms with Crippen molar-refractivity contribution >= 4 is 17.4 Å². The Hall–Kier alpha value is -0.670. The molecule has 0 atom stereocenters. The Kier molecular flexibility index (Phi) is 5.58. The van der Waals surface area contributed by atoms with Crippen LogP contribution in [-0.4, -0.2) is 19.8 Å². The molecule has 0 bridgehead atoms. The van der Waals surface area contributed by atoms with E-state index in [1.807, 2.05) is 13.1 Å². The SMILES string of the molecule is CNCCCCc1ccc(N)c(SC)c1. The minimum absolute atomic E-state index is 0.890. The van der Waals surface area contributed by atoms with Crippen LogP contribution >= 0.6 is 11.8 Å². The average Bonchev–Trinajstić information content (AvgIpc) is 2.26. The standard InChI is InChI=1S/C12H20N2S/c1-14-8-4-3-5-10-6-7-11(13)12(9-10)15-2/h6-7,9,14H,3-5,8,13H2,1-2H3. The molecule has 0 heterocycles. The predicted molar refractivity (Wildman–Crippen MR) is 69.5 cm³/mol. The van der Waals surface area contributed by atoms with E-state index < -0.39 is 0 Å². The van der Waals surface area contributed by atoms with E-state index in [0.29, 0.717) is 0 Å². The van der Waals surface area contributed by atoms with Crippen LogP contribution in [0.25, 0.3) is 0 Å². The first kappa shape index (κ1) is 12.4. The molecule has 0 aliphatic carbocycles. The molecule has 0 saturated carbocycles. The second-order valence-corrected chi connectivity index (χ2v) is 4.49. The molecule has 1 rings (SSSR count). The van der Waals surface area contributed by atoms with Gasteiger partial charge < -0.3 is 11.1 Å². The zero-order valence-electron chi connectivity index (χ0n) is 9.55. The van der Waals surface area contributed by atoms with Crippen LogP contribution in [-0.2, 0) is 6.42 Å². The van der Waals surface area contributed by atoms with Crippen LogP contribution in [0.15, 0.2) is 23.1 Å². The molecule has 0 saturated heterocycles. The predicted octanol–water partition coefficient (Wildman–Crippen LogP) is 2.53. The smallest absolute Gasteiger partial charge is 0.0452 e. The van der Waals surface area contributed by atoms with Gasteiger partial charge in [0.15, 0.2) is 0 Å². The van der Waals surface area contributed by atoms with Crippen molar-refractivity contribution in [2.24, 2.45) is 0 Å². The van der Waals surface area contributed by atoms with Gasteiger partial charge in [0, 0.05) is 10.6 Å². The highest BCUT2D eigenvalue weighted by Gasteiger charge is 1.99. The second-order valence-electron chi connectivity index (χ2n) is 3.64. The largest absolute Gasteiger partial charge is 0.398 e. The van der Waals surface area contributed by atoms with E-state index in [2.05, 4.69) is 23.7 Å². The third-order valence-electron chi connectivity index (χ3n) is 2.44. The topological polar surface area (TPSA) is 38.0 Å². The molecule has 3 heteroatoms. The number of rotatable bonds is 6. The van der Waals surface area contributed by atoms with Gasteiger partial charge in [0.05, 0.1) is 0 Å². The summed E-state index contributed by atoms with van der Waals surface area (Å²) >= 11 is 1.72. The van der Waals surface area contributed by atoms with Crippen molar-refractivity contribution in [2.75, 3.05) is 25.6 Å². The number of hydrogen-bond acceptors (Lipinski definition) is 3. The molecule has 0 aliphatic heterocycles. The van der Waals surface area contributed by atoms with Crippen molar-refractivity contribution in [1.82, 2.24) is 5.32 Å². The molecule has 1 aromatic rings. The highest BCUT2D eigenvalue weighted by atomic mass is 32.2. The van der Waals surface area contributed by atoms with Gasteiger partial charge in [-0.15, -0.1) is 11.8 Å². The maximum Gasteiger partial charge on any atom is 0.0452 e. The van der Waals surface area contributed by atoms with Crippen LogP contribution in [0.5, 0.6) is 0 Å². The van der Waals surface area contributed by atoms with Crippen molar-refractivity contribution in [3.8, 4) is 0 Å². The maximum absolute atomic E-state index is 5.85. The second kappa shape index (κ2) is 6.75. The Labute approximate surface area is 96.6 Å². The van der Waals surface area contributed by atoms with Crippen LogP contribution in [0.3, 0.4) is 0 Å². The molecule has 2 nitrogen and oxygen atoms in total. The summed E-state index contributed by atoms with van der Waals surface area (Å²) < 4.78 is 0. The Morgan fingerprint density at radius 1 is 1.33 bits per heavy atom. The van der Waals surface area contributed by atoms with E-state index in [-0.39, 0.29) is 0 Å². The van der Waals surface area contributed by atoms with Gasteiger partial charge in [-0.05, 0) is 56.8 Å². The molecule has 0 amide bonds. The number of aryl methyl sites for hydroxylation is 1. The van der Waals surface area contributed by atoms with Crippen molar-refractivity contribution < 1.29 is 0 Å². The van der Waals surface area contributed by atoms with Gasteiger partial charge in [0.25, 0.3) is 0 Å². The van der Waals surface area contributed by atoms with E-state index >= 15 is 0 Å². The summed E-state index contributed by atoms with van der Waals surface area (Å²) in [6.45, 7) is 1.10. The van der Waals surface area contributed by atoms with E-state index in [1.165, 1.54) is 23.3 Å². The zero-order chi connectivity index (χ0) is 11.1. The van der Waals surface area contributed by atoms with Gasteiger partial charge in [-0.1, -0.05) is 6.07 Å². The fourth-order valence-electron chi connectivity index (χ4n) is 1.54. The number of anilines is 1. The first-order valence-electron chi connectivity index (χ1n) is 5.35. The molecule has 0 fully saturated rings. The Bertz CT molecular complexity index is 300. The molecule has 0 spiro atoms. The van der Waals surface area contributed by atoms with E-state index in [9.17, 15) is 0 Å². The van der Waals surface area contributed by atoms with E-state index in [1.54, 1.807) is 11.8 Å². The summed E-state index contributed by atoms with van der Waals surface area (Å²) in [7, 11) is 2.00. The van der Waals surface area contributed by atoms with Gasteiger partial charge in [-0.25, -0.2) is 0 Å². The van der Waals surface area contributed by atoms with Gasteiger partial charge in [-0.2, -0.15) is 0 Å². The Balaban J connectivity index is 2.47. The lowest BCUT2D eigenvalue weighted by molar-refractivity contribution is 0.677. The van der Waals surface area contributed by atoms with Crippen molar-refractivity contribution in [2.45, 2.75) is 24.2 Å². The third kappa shape index (κ3) is 4.14. The zero-order valence-corrected chi connectivity index (χ0v) is 10.4. The van der Waals surface area contributed by atoms with Crippen molar-refractivity contribution in [1.29, 1.82) is 0 Å². The summed E-state index contributed by atoms with van der Waals surface area (Å²) in [5.41, 5.74) is 8.13. The minimum Gasteiger partial charge on any atom is -0.398 e. The van der Waals surface area contributed by atoms with Crippen LogP contribution < -0.4 is 11.1 Å². The minimum atomic E-state index is 0.890. The van der Waals surface area contributed by atoms with Crippen molar-refractivity contribution in [3.05, 3.63) is 23.8 Å². The molecule has 0 aromatic heterocycles. The molecule has 0 unspecified atom stereocenters. The highest BCUT2D eigenvalue weighted by Crippen LogP contribution is 2.24. The monoisotopic (exact) mass is 224 g/mol. The van der Waals surface area contributed by atoms with E-state index in [4.69, 9.17) is 5.73 Å². The van der Waals surface area contributed by atoms with Crippen molar-refractivity contribution in [3.63, 3.8) is 0 Å². The number of unbranched alkanes of at least 4 members (excludes halogenated alkanes) is 1. The summed E-state index contributed by atoms with van der Waals surface area (Å²) in [4.78, 5) is 1.20. The number of nitrogens with two attached hydrogens (primary N) is 1. The summed E-state index contributed by atoms with van der Waals surface area (Å²) in [6, 6.07) is 6.35. The van der Waals surface area contributed by atoms with Crippen LogP contribution in [0, 0.1) is 0 Å². The van der Waals surface area contributed by atoms with E-state index in [0.717, 1.165) is 18.7 Å². The third-order valence-corrected chi connectivity index (χ3v) is 3.23. The molecular formula is C12H20N2S. The van der Waals surface area contributed by atoms with Gasteiger partial charge >= 0.3 is 0 Å². The maximum atomic E-state index is 5.85. The molecule has 3 N–H and O–H groups in total. The molecule has 0 radical (unpaired) electrons. The normalized spacial score (nSPS) is 10.5. The lowest BCUT2D eigenvalue weighted by Crippen LogP contribution is -2.07. The van der Waals surface area contributed by atoms with Gasteiger partial charge in [0.1, 0.15) is 0 Å². The Morgan fingerprint density at radius 2 is 2.13 bits per heavy atom. The molecule has 1 aromatic carbocycles. The van der Waals surface area contributed by atoms with Crippen LogP contribution in [0.4, 0.5) is 5.69 Å². The summed E-state index contributed by atoms with van der Waals surface area (Å²) in [5, 5.41) is 3.16. The summed E-state index contributed by atoms with van der Waals surface area (Å²) in [5.74, 6) is 0. The molecular weight excluding hydrogens is 204 g/mol. The van der Waals surface area contributed by atoms with Crippen LogP contribution in [0.1, 0.15) is 18.4 Å². The number of nitrogens with one attached hydrogen (secondary N) is 1. The lowest BCUT2D eigenvalue weighted by Gasteiger charge is -2.06. The lowest BCUT2D eigenvalue weighted by atomic mass is 10.1. The number of hydrogen-bond donors (Lipinski definition) is 2. The quantitative estimate of drug-likeness (QED) is 0.443. The molecule has 0 aliphatic rings. The molecule has 84 valence electrons. The Morgan fingerprint density at radius 3 is 2.80 bits per heavy atom. The molecule has 15 heavy (non-hydrogen) atoms. The van der Waals surface area contributed by atoms with Gasteiger partial charge in [-0.3, -0.25) is 0 Å². The van der Waals surface area contributed by atoms with Crippen LogP contribution in [0.2, 0.25) is 0 Å². The number of nitrogen functional groups attached to an aromatic ring is 1.